The van der Waals surface area contributed by atoms with Crippen molar-refractivity contribution >= 4 is 0 Å². The van der Waals surface area contributed by atoms with Crippen molar-refractivity contribution in [3.63, 3.8) is 0 Å². The lowest BCUT2D eigenvalue weighted by molar-refractivity contribution is 0.269. The predicted octanol–water partition coefficient (Wildman–Crippen LogP) is 4.74. The lowest BCUT2D eigenvalue weighted by Crippen LogP contribution is -2.14. The van der Waals surface area contributed by atoms with Crippen LogP contribution in [0.25, 0.3) is 0 Å². The third-order valence-corrected chi connectivity index (χ3v) is 4.86. The Bertz CT molecular complexity index is 143. The van der Waals surface area contributed by atoms with Crippen LogP contribution in [0.5, 0.6) is 0 Å². The molecule has 1 fully saturated rings. The number of rotatable bonds is 2. The fourth-order valence-corrected chi connectivity index (χ4v) is 3.33. The first-order valence-electron chi connectivity index (χ1n) is 6.60. The number of hydrogen-bond donors (Lipinski definition) is 0. The van der Waals surface area contributed by atoms with E-state index < -0.39 is 0 Å². The van der Waals surface area contributed by atoms with Crippen LogP contribution in [0.1, 0.15) is 60.3 Å². The Morgan fingerprint density at radius 1 is 0.786 bits per heavy atom. The molecule has 1 rings (SSSR count). The molecule has 0 heteroatoms. The first kappa shape index (κ1) is 12.1. The molecule has 0 aromatic carbocycles. The van der Waals surface area contributed by atoms with E-state index in [0.717, 1.165) is 29.6 Å². The molecule has 1 aliphatic rings. The Morgan fingerprint density at radius 3 is 1.43 bits per heavy atom. The quantitative estimate of drug-likeness (QED) is 0.560. The van der Waals surface area contributed by atoms with Gasteiger partial charge in [-0.25, -0.2) is 0 Å². The lowest BCUT2D eigenvalue weighted by Gasteiger charge is -2.24. The van der Waals surface area contributed by atoms with Crippen LogP contribution < -0.4 is 0 Å². The van der Waals surface area contributed by atoms with Gasteiger partial charge in [-0.15, -0.1) is 0 Å². The van der Waals surface area contributed by atoms with Crippen LogP contribution in [0.4, 0.5) is 0 Å². The molecule has 0 saturated heterocycles. The van der Waals surface area contributed by atoms with Crippen molar-refractivity contribution in [1.29, 1.82) is 0 Å². The largest absolute Gasteiger partial charge is 0.0651 e. The monoisotopic (exact) mass is 196 g/mol. The Balaban J connectivity index is 2.71. The van der Waals surface area contributed by atoms with E-state index in [4.69, 9.17) is 0 Å². The topological polar surface area (TPSA) is 0 Å². The van der Waals surface area contributed by atoms with Gasteiger partial charge in [-0.05, 0) is 42.4 Å². The summed E-state index contributed by atoms with van der Waals surface area (Å²) in [7, 11) is 0. The van der Waals surface area contributed by atoms with Crippen molar-refractivity contribution < 1.29 is 0 Å². The van der Waals surface area contributed by atoms with Crippen molar-refractivity contribution in [1.82, 2.24) is 0 Å². The molecule has 0 aromatic heterocycles. The maximum Gasteiger partial charge on any atom is -0.0386 e. The highest BCUT2D eigenvalue weighted by Crippen LogP contribution is 2.41. The molecule has 0 nitrogen and oxygen atoms in total. The zero-order chi connectivity index (χ0) is 10.7. The summed E-state index contributed by atoms with van der Waals surface area (Å²) in [6.45, 7) is 12.1. The van der Waals surface area contributed by atoms with E-state index in [2.05, 4.69) is 34.6 Å². The second-order valence-corrected chi connectivity index (χ2v) is 5.62. The van der Waals surface area contributed by atoms with Crippen LogP contribution in [0.15, 0.2) is 0 Å². The minimum Gasteiger partial charge on any atom is -0.0651 e. The van der Waals surface area contributed by atoms with Gasteiger partial charge in [-0.1, -0.05) is 47.5 Å². The molecule has 4 atom stereocenters. The van der Waals surface area contributed by atoms with Crippen LogP contribution in [-0.2, 0) is 0 Å². The SMILES string of the molecule is CCC1CC(C)C(C)C(C)CC1CC. The summed E-state index contributed by atoms with van der Waals surface area (Å²) in [5.74, 6) is 4.81. The molecule has 4 unspecified atom stereocenters. The van der Waals surface area contributed by atoms with E-state index in [1.165, 1.54) is 25.7 Å². The second kappa shape index (κ2) is 5.19. The molecule has 0 amide bonds. The van der Waals surface area contributed by atoms with Gasteiger partial charge in [-0.2, -0.15) is 0 Å². The van der Waals surface area contributed by atoms with E-state index in [-0.39, 0.29) is 0 Å². The molecule has 14 heavy (non-hydrogen) atoms. The molecule has 84 valence electrons. The van der Waals surface area contributed by atoms with Gasteiger partial charge >= 0.3 is 0 Å². The van der Waals surface area contributed by atoms with Gasteiger partial charge in [-0.3, -0.25) is 0 Å². The van der Waals surface area contributed by atoms with Crippen molar-refractivity contribution in [2.24, 2.45) is 29.6 Å². The van der Waals surface area contributed by atoms with Gasteiger partial charge in [0.05, 0.1) is 0 Å². The molecule has 0 bridgehead atoms. The highest BCUT2D eigenvalue weighted by molar-refractivity contribution is 4.81. The van der Waals surface area contributed by atoms with Crippen LogP contribution in [-0.4, -0.2) is 0 Å². The summed E-state index contributed by atoms with van der Waals surface area (Å²) in [6.07, 6.45) is 5.73. The zero-order valence-electron chi connectivity index (χ0n) is 10.7. The molecule has 0 radical (unpaired) electrons. The van der Waals surface area contributed by atoms with Crippen LogP contribution >= 0.6 is 0 Å². The molecule has 0 spiro atoms. The summed E-state index contributed by atoms with van der Waals surface area (Å²) in [6, 6.07) is 0. The maximum atomic E-state index is 2.46. The normalized spacial score (nSPS) is 44.8. The van der Waals surface area contributed by atoms with Crippen molar-refractivity contribution in [3.8, 4) is 0 Å². The van der Waals surface area contributed by atoms with Gasteiger partial charge in [0.1, 0.15) is 0 Å². The third kappa shape index (κ3) is 2.52. The molecule has 1 aliphatic carbocycles. The fourth-order valence-electron chi connectivity index (χ4n) is 3.33. The summed E-state index contributed by atoms with van der Waals surface area (Å²) < 4.78 is 0. The number of hydrogen-bond acceptors (Lipinski definition) is 0. The molecule has 0 heterocycles. The third-order valence-electron chi connectivity index (χ3n) is 4.86. The second-order valence-electron chi connectivity index (χ2n) is 5.62. The van der Waals surface area contributed by atoms with Gasteiger partial charge < -0.3 is 0 Å². The average Bonchev–Trinajstić information content (AvgIpc) is 2.29. The van der Waals surface area contributed by atoms with E-state index >= 15 is 0 Å². The lowest BCUT2D eigenvalue weighted by atomic mass is 9.82. The molecular weight excluding hydrogens is 168 g/mol. The standard InChI is InChI=1S/C14H28/c1-6-13-8-10(3)12(5)11(4)9-14(13)7-2/h10-14H,6-9H2,1-5H3. The highest BCUT2D eigenvalue weighted by Gasteiger charge is 2.31. The molecule has 1 saturated carbocycles. The van der Waals surface area contributed by atoms with E-state index in [9.17, 15) is 0 Å². The van der Waals surface area contributed by atoms with E-state index in [1.54, 1.807) is 0 Å². The van der Waals surface area contributed by atoms with Crippen LogP contribution in [0, 0.1) is 29.6 Å². The first-order chi connectivity index (χ1) is 6.60. The van der Waals surface area contributed by atoms with Gasteiger partial charge in [0.2, 0.25) is 0 Å². The zero-order valence-corrected chi connectivity index (χ0v) is 10.7. The smallest absolute Gasteiger partial charge is 0.0386 e. The molecule has 0 aliphatic heterocycles. The van der Waals surface area contributed by atoms with Crippen molar-refractivity contribution in [3.05, 3.63) is 0 Å². The van der Waals surface area contributed by atoms with Crippen LogP contribution in [0.3, 0.4) is 0 Å². The van der Waals surface area contributed by atoms with Crippen molar-refractivity contribution in [2.75, 3.05) is 0 Å². The average molecular weight is 196 g/mol. The Labute approximate surface area is 90.5 Å². The minimum atomic E-state index is 0.931. The van der Waals surface area contributed by atoms with Gasteiger partial charge in [0, 0.05) is 0 Å². The van der Waals surface area contributed by atoms with Crippen LogP contribution in [0.2, 0.25) is 0 Å². The highest BCUT2D eigenvalue weighted by atomic mass is 14.4. The maximum absolute atomic E-state index is 2.46. The van der Waals surface area contributed by atoms with Gasteiger partial charge in [0.15, 0.2) is 0 Å². The summed E-state index contributed by atoms with van der Waals surface area (Å²) >= 11 is 0. The molecule has 0 aromatic rings. The Hall–Kier alpha value is 0. The van der Waals surface area contributed by atoms with E-state index in [0.29, 0.717) is 0 Å². The predicted molar refractivity (Wildman–Crippen MR) is 64.3 cm³/mol. The summed E-state index contributed by atoms with van der Waals surface area (Å²) in [5.41, 5.74) is 0. The minimum absolute atomic E-state index is 0.931. The van der Waals surface area contributed by atoms with Gasteiger partial charge in [0.25, 0.3) is 0 Å². The summed E-state index contributed by atoms with van der Waals surface area (Å²) in [4.78, 5) is 0. The summed E-state index contributed by atoms with van der Waals surface area (Å²) in [5, 5.41) is 0. The first-order valence-corrected chi connectivity index (χ1v) is 6.60. The molecular formula is C14H28. The Kier molecular flexibility index (Phi) is 4.47. The Morgan fingerprint density at radius 2 is 1.14 bits per heavy atom. The fraction of sp³-hybridized carbons (Fsp3) is 1.00. The van der Waals surface area contributed by atoms with E-state index in [1.807, 2.05) is 0 Å². The molecule has 0 N–H and O–H groups in total. The van der Waals surface area contributed by atoms with Crippen molar-refractivity contribution in [2.45, 2.75) is 60.3 Å².